The van der Waals surface area contributed by atoms with Crippen LogP contribution in [-0.2, 0) is 16.4 Å². The van der Waals surface area contributed by atoms with Gasteiger partial charge in [0.15, 0.2) is 9.84 Å². The van der Waals surface area contributed by atoms with Gasteiger partial charge in [0.05, 0.1) is 15.1 Å². The van der Waals surface area contributed by atoms with Crippen LogP contribution in [0.1, 0.15) is 49.7 Å². The van der Waals surface area contributed by atoms with E-state index in [1.807, 2.05) is 37.3 Å². The highest BCUT2D eigenvalue weighted by Crippen LogP contribution is 2.30. The van der Waals surface area contributed by atoms with Crippen molar-refractivity contribution in [2.75, 3.05) is 26.2 Å². The Labute approximate surface area is 259 Å². The average Bonchev–Trinajstić information content (AvgIpc) is 3.04. The van der Waals surface area contributed by atoms with Gasteiger partial charge in [0, 0.05) is 25.2 Å². The standard InChI is InChI=1S/C34H41N3O6S/c1-27(44(42,43)33-12-6-3-7-13-33)25-31(30-10-4-2-5-11-30)20-24-35-22-18-28(19-23-35)9-8-21-36(34(38)39)26-29-14-16-32(17-15-29)37(40)41/h2-17,27-28,31H,18-26H2,1H3,(H,38,39)/p-1/t27-,31+/m0/s1. The number of nitro groups is 1. The van der Waals surface area contributed by atoms with Gasteiger partial charge in [0.25, 0.3) is 5.69 Å². The van der Waals surface area contributed by atoms with E-state index in [2.05, 4.69) is 23.1 Å². The van der Waals surface area contributed by atoms with Gasteiger partial charge in [-0.15, -0.1) is 0 Å². The van der Waals surface area contributed by atoms with E-state index in [4.69, 9.17) is 0 Å². The molecule has 1 aliphatic heterocycles. The molecule has 3 aromatic rings. The van der Waals surface area contributed by atoms with Crippen LogP contribution in [0.15, 0.2) is 102 Å². The van der Waals surface area contributed by atoms with Crippen LogP contribution in [-0.4, -0.2) is 60.7 Å². The summed E-state index contributed by atoms with van der Waals surface area (Å²) in [5.41, 5.74) is 1.77. The maximum atomic E-state index is 13.3. The third-order valence-electron chi connectivity index (χ3n) is 8.43. The summed E-state index contributed by atoms with van der Waals surface area (Å²) in [6.45, 7) is 4.80. The average molecular weight is 619 g/mol. The number of benzene rings is 3. The van der Waals surface area contributed by atoms with Crippen LogP contribution in [0.2, 0.25) is 0 Å². The zero-order valence-corrected chi connectivity index (χ0v) is 25.8. The van der Waals surface area contributed by atoms with Gasteiger partial charge >= 0.3 is 0 Å². The molecule has 0 unspecified atom stereocenters. The zero-order chi connectivity index (χ0) is 31.5. The Morgan fingerprint density at radius 3 is 2.20 bits per heavy atom. The number of nitrogens with zero attached hydrogens (tertiary/aromatic N) is 3. The molecule has 1 saturated heterocycles. The summed E-state index contributed by atoms with van der Waals surface area (Å²) in [6, 6.07) is 24.7. The molecule has 1 heterocycles. The summed E-state index contributed by atoms with van der Waals surface area (Å²) in [5.74, 6) is 0.462. The Morgan fingerprint density at radius 1 is 1.00 bits per heavy atom. The molecule has 0 aliphatic carbocycles. The third-order valence-corrected chi connectivity index (χ3v) is 10.6. The lowest BCUT2D eigenvalue weighted by molar-refractivity contribution is -0.384. The van der Waals surface area contributed by atoms with E-state index in [1.165, 1.54) is 17.0 Å². The first-order valence-electron chi connectivity index (χ1n) is 15.1. The van der Waals surface area contributed by atoms with E-state index in [0.29, 0.717) is 22.8 Å². The predicted octanol–water partition coefficient (Wildman–Crippen LogP) is 5.43. The van der Waals surface area contributed by atoms with Crippen LogP contribution in [0, 0.1) is 16.0 Å². The van der Waals surface area contributed by atoms with E-state index in [9.17, 15) is 28.4 Å². The zero-order valence-electron chi connectivity index (χ0n) is 25.0. The van der Waals surface area contributed by atoms with E-state index in [1.54, 1.807) is 36.4 Å². The molecule has 3 aromatic carbocycles. The molecule has 2 atom stereocenters. The van der Waals surface area contributed by atoms with Crippen LogP contribution >= 0.6 is 0 Å². The summed E-state index contributed by atoms with van der Waals surface area (Å²) in [5, 5.41) is 22.0. The van der Waals surface area contributed by atoms with Crippen molar-refractivity contribution in [2.45, 2.75) is 55.2 Å². The first kappa shape index (κ1) is 32.9. The molecule has 44 heavy (non-hydrogen) atoms. The predicted molar refractivity (Wildman–Crippen MR) is 169 cm³/mol. The lowest BCUT2D eigenvalue weighted by Crippen LogP contribution is -2.40. The van der Waals surface area contributed by atoms with Crippen molar-refractivity contribution in [2.24, 2.45) is 5.92 Å². The second-order valence-electron chi connectivity index (χ2n) is 11.5. The van der Waals surface area contributed by atoms with Crippen molar-refractivity contribution in [3.8, 4) is 0 Å². The summed E-state index contributed by atoms with van der Waals surface area (Å²) in [4.78, 5) is 26.0. The van der Waals surface area contributed by atoms with Crippen molar-refractivity contribution in [1.82, 2.24) is 9.80 Å². The van der Waals surface area contributed by atoms with Crippen molar-refractivity contribution in [1.29, 1.82) is 0 Å². The molecule has 234 valence electrons. The Kier molecular flexibility index (Phi) is 11.7. The van der Waals surface area contributed by atoms with Crippen LogP contribution in [0.3, 0.4) is 0 Å². The fourth-order valence-electron chi connectivity index (χ4n) is 5.75. The number of hydrogen-bond acceptors (Lipinski definition) is 7. The van der Waals surface area contributed by atoms with Gasteiger partial charge in [-0.3, -0.25) is 10.1 Å². The van der Waals surface area contributed by atoms with E-state index < -0.39 is 26.1 Å². The maximum Gasteiger partial charge on any atom is 0.269 e. The van der Waals surface area contributed by atoms with Gasteiger partial charge in [-0.05, 0) is 87.3 Å². The lowest BCUT2D eigenvalue weighted by Gasteiger charge is -2.32. The molecule has 0 radical (unpaired) electrons. The number of allylic oxidation sites excluding steroid dienone is 1. The van der Waals surface area contributed by atoms with E-state index in [0.717, 1.165) is 44.5 Å². The lowest BCUT2D eigenvalue weighted by atomic mass is 9.90. The number of amides is 1. The summed E-state index contributed by atoms with van der Waals surface area (Å²) >= 11 is 0. The Balaban J connectivity index is 1.27. The van der Waals surface area contributed by atoms with Gasteiger partial charge in [-0.1, -0.05) is 72.8 Å². The molecule has 1 amide bonds. The molecule has 10 heteroatoms. The number of sulfone groups is 1. The molecule has 0 bridgehead atoms. The van der Waals surface area contributed by atoms with Crippen molar-refractivity contribution >= 4 is 21.6 Å². The maximum absolute atomic E-state index is 13.3. The van der Waals surface area contributed by atoms with Crippen LogP contribution in [0.4, 0.5) is 10.5 Å². The molecule has 0 aromatic heterocycles. The number of non-ortho nitro benzene ring substituents is 1. The first-order chi connectivity index (χ1) is 21.1. The molecule has 4 rings (SSSR count). The molecule has 0 spiro atoms. The molecule has 1 aliphatic rings. The van der Waals surface area contributed by atoms with Gasteiger partial charge in [-0.2, -0.15) is 0 Å². The van der Waals surface area contributed by atoms with Crippen molar-refractivity contribution < 1.29 is 23.2 Å². The van der Waals surface area contributed by atoms with Crippen LogP contribution < -0.4 is 5.11 Å². The number of hydrogen-bond donors (Lipinski definition) is 0. The Bertz CT molecular complexity index is 1490. The molecule has 0 N–H and O–H groups in total. The minimum Gasteiger partial charge on any atom is -0.530 e. The quantitative estimate of drug-likeness (QED) is 0.134. The highest BCUT2D eigenvalue weighted by Gasteiger charge is 2.28. The highest BCUT2D eigenvalue weighted by molar-refractivity contribution is 7.92. The Hall–Kier alpha value is -4.02. The Morgan fingerprint density at radius 2 is 1.61 bits per heavy atom. The van der Waals surface area contributed by atoms with Gasteiger partial charge in [0.2, 0.25) is 0 Å². The minimum atomic E-state index is -3.43. The largest absolute Gasteiger partial charge is 0.530 e. The third kappa shape index (κ3) is 9.24. The SMILES string of the molecule is C[C@@H](C[C@@H](CCN1CCC(C=CCN(Cc2ccc([N+](=O)[O-])cc2)C(=O)[O-])CC1)c1ccccc1)S(=O)(=O)c1ccccc1. The number of carbonyl (C=O) groups is 1. The first-order valence-corrected chi connectivity index (χ1v) is 16.6. The second kappa shape index (κ2) is 15.6. The van der Waals surface area contributed by atoms with E-state index in [-0.39, 0.29) is 24.7 Å². The fourth-order valence-corrected chi connectivity index (χ4v) is 7.24. The number of rotatable bonds is 14. The minimum absolute atomic E-state index is 0.0406. The summed E-state index contributed by atoms with van der Waals surface area (Å²) in [7, 11) is -3.43. The number of piperidine rings is 1. The summed E-state index contributed by atoms with van der Waals surface area (Å²) in [6.07, 6.45) is 5.98. The topological polar surface area (TPSA) is 124 Å². The number of nitro benzene ring substituents is 1. The smallest absolute Gasteiger partial charge is 0.269 e. The molecule has 1 fully saturated rings. The fraction of sp³-hybridized carbons (Fsp3) is 0.382. The molecule has 9 nitrogen and oxygen atoms in total. The molecular formula is C34H40N3O6S-. The molecule has 0 saturated carbocycles. The summed E-state index contributed by atoms with van der Waals surface area (Å²) < 4.78 is 26.5. The monoisotopic (exact) mass is 618 g/mol. The van der Waals surface area contributed by atoms with Crippen LogP contribution in [0.5, 0.6) is 0 Å². The van der Waals surface area contributed by atoms with Crippen molar-refractivity contribution in [3.05, 3.63) is 118 Å². The van der Waals surface area contributed by atoms with Crippen molar-refractivity contribution in [3.63, 3.8) is 0 Å². The van der Waals surface area contributed by atoms with Crippen LogP contribution in [0.25, 0.3) is 0 Å². The van der Waals surface area contributed by atoms with Gasteiger partial charge < -0.3 is 19.7 Å². The van der Waals surface area contributed by atoms with Gasteiger partial charge in [-0.25, -0.2) is 8.42 Å². The number of likely N-dealkylation sites (tertiary alicyclic amines) is 1. The van der Waals surface area contributed by atoms with Gasteiger partial charge in [0.1, 0.15) is 6.09 Å². The normalized spacial score (nSPS) is 16.0. The number of carboxylic acid groups (broad SMARTS) is 1. The van der Waals surface area contributed by atoms with E-state index >= 15 is 0 Å². The highest BCUT2D eigenvalue weighted by atomic mass is 32.2. The number of carbonyl (C=O) groups excluding carboxylic acids is 1. The molecular weight excluding hydrogens is 578 g/mol. The second-order valence-corrected chi connectivity index (χ2v) is 13.8.